The first-order chi connectivity index (χ1) is 11.6. The molecule has 2 aromatic rings. The summed E-state index contributed by atoms with van der Waals surface area (Å²) in [5, 5.41) is 24.6. The number of fused-ring (bicyclic) bond motifs is 3. The van der Waals surface area contributed by atoms with Gasteiger partial charge in [-0.2, -0.15) is 0 Å². The number of aromatic hydroxyl groups is 1. The molecule has 3 unspecified atom stereocenters. The van der Waals surface area contributed by atoms with E-state index in [2.05, 4.69) is 17.5 Å². The van der Waals surface area contributed by atoms with Gasteiger partial charge in [0.15, 0.2) is 0 Å². The summed E-state index contributed by atoms with van der Waals surface area (Å²) in [6.45, 7) is 1.97. The molecule has 2 aliphatic rings. The van der Waals surface area contributed by atoms with Crippen LogP contribution in [0.3, 0.4) is 0 Å². The van der Waals surface area contributed by atoms with E-state index in [0.717, 1.165) is 28.8 Å². The molecule has 2 aromatic carbocycles. The summed E-state index contributed by atoms with van der Waals surface area (Å²) in [7, 11) is 0. The Bertz CT molecular complexity index is 842. The first-order valence-electron chi connectivity index (χ1n) is 8.06. The maximum atomic E-state index is 11.5. The molecular formula is C19H18N2O3. The zero-order valence-electron chi connectivity index (χ0n) is 13.3. The van der Waals surface area contributed by atoms with Crippen LogP contribution < -0.4 is 5.32 Å². The SMILES string of the molecule is Cc1ccc([N+](=O)[O-])c2c1NC(c1ccc(O)cc1)C1CC=CC21. The Kier molecular flexibility index (Phi) is 3.30. The Morgan fingerprint density at radius 2 is 1.96 bits per heavy atom. The first-order valence-corrected chi connectivity index (χ1v) is 8.06. The molecule has 5 heteroatoms. The van der Waals surface area contributed by atoms with Gasteiger partial charge in [-0.3, -0.25) is 10.1 Å². The summed E-state index contributed by atoms with van der Waals surface area (Å²) in [6, 6.07) is 10.7. The van der Waals surface area contributed by atoms with E-state index < -0.39 is 0 Å². The molecule has 0 fully saturated rings. The summed E-state index contributed by atoms with van der Waals surface area (Å²) >= 11 is 0. The number of allylic oxidation sites excluding steroid dienone is 2. The van der Waals surface area contributed by atoms with E-state index in [-0.39, 0.29) is 34.2 Å². The monoisotopic (exact) mass is 322 g/mol. The maximum absolute atomic E-state index is 11.5. The zero-order valence-corrected chi connectivity index (χ0v) is 13.3. The lowest BCUT2D eigenvalue weighted by Crippen LogP contribution is -2.30. The van der Waals surface area contributed by atoms with Crippen LogP contribution >= 0.6 is 0 Å². The number of phenolic OH excluding ortho intramolecular Hbond substituents is 1. The highest BCUT2D eigenvalue weighted by Crippen LogP contribution is 2.53. The van der Waals surface area contributed by atoms with E-state index in [9.17, 15) is 15.2 Å². The van der Waals surface area contributed by atoms with E-state index >= 15 is 0 Å². The molecule has 0 radical (unpaired) electrons. The molecule has 0 aromatic heterocycles. The van der Waals surface area contributed by atoms with Gasteiger partial charge in [0.05, 0.1) is 16.5 Å². The van der Waals surface area contributed by atoms with Crippen LogP contribution in [0.5, 0.6) is 5.75 Å². The number of rotatable bonds is 2. The number of nitrogens with zero attached hydrogens (tertiary/aromatic N) is 1. The molecule has 0 bridgehead atoms. The molecule has 3 atom stereocenters. The number of nitrogens with one attached hydrogen (secondary N) is 1. The van der Waals surface area contributed by atoms with Crippen LogP contribution in [0.15, 0.2) is 48.6 Å². The average Bonchev–Trinajstić information content (AvgIpc) is 3.05. The number of phenols is 1. The molecule has 1 aliphatic heterocycles. The van der Waals surface area contributed by atoms with E-state index in [1.165, 1.54) is 0 Å². The highest BCUT2D eigenvalue weighted by molar-refractivity contribution is 5.70. The van der Waals surface area contributed by atoms with Gasteiger partial charge in [-0.05, 0) is 42.5 Å². The highest BCUT2D eigenvalue weighted by Gasteiger charge is 2.42. The van der Waals surface area contributed by atoms with E-state index in [4.69, 9.17) is 0 Å². The van der Waals surface area contributed by atoms with Gasteiger partial charge >= 0.3 is 0 Å². The lowest BCUT2D eigenvalue weighted by molar-refractivity contribution is -0.385. The quantitative estimate of drug-likeness (QED) is 0.487. The van der Waals surface area contributed by atoms with E-state index in [1.54, 1.807) is 24.3 Å². The minimum absolute atomic E-state index is 0.0420. The number of benzene rings is 2. The van der Waals surface area contributed by atoms with E-state index in [1.807, 2.05) is 19.1 Å². The van der Waals surface area contributed by atoms with Crippen LogP contribution in [0.2, 0.25) is 0 Å². The molecule has 1 heterocycles. The molecule has 0 amide bonds. The number of hydrogen-bond donors (Lipinski definition) is 2. The van der Waals surface area contributed by atoms with Crippen LogP contribution in [0.25, 0.3) is 0 Å². The van der Waals surface area contributed by atoms with E-state index in [0.29, 0.717) is 0 Å². The smallest absolute Gasteiger partial charge is 0.275 e. The summed E-state index contributed by atoms with van der Waals surface area (Å²) < 4.78 is 0. The molecule has 1 aliphatic carbocycles. The molecule has 2 N–H and O–H groups in total. The van der Waals surface area contributed by atoms with Gasteiger partial charge < -0.3 is 10.4 Å². The average molecular weight is 322 g/mol. The molecule has 0 saturated carbocycles. The van der Waals surface area contributed by atoms with Gasteiger partial charge in [0.25, 0.3) is 5.69 Å². The highest BCUT2D eigenvalue weighted by atomic mass is 16.6. The van der Waals surface area contributed by atoms with Gasteiger partial charge in [0, 0.05) is 17.7 Å². The topological polar surface area (TPSA) is 75.4 Å². The summed E-state index contributed by atoms with van der Waals surface area (Å²) in [5.41, 5.74) is 3.96. The van der Waals surface area contributed by atoms with Crippen LogP contribution in [0.1, 0.15) is 35.1 Å². The molecular weight excluding hydrogens is 304 g/mol. The van der Waals surface area contributed by atoms with Gasteiger partial charge in [-0.25, -0.2) is 0 Å². The van der Waals surface area contributed by atoms with Crippen LogP contribution in [-0.4, -0.2) is 10.0 Å². The second-order valence-electron chi connectivity index (χ2n) is 6.51. The molecule has 0 spiro atoms. The largest absolute Gasteiger partial charge is 0.508 e. The Morgan fingerprint density at radius 3 is 2.67 bits per heavy atom. The minimum Gasteiger partial charge on any atom is -0.508 e. The molecule has 122 valence electrons. The Balaban J connectivity index is 1.86. The summed E-state index contributed by atoms with van der Waals surface area (Å²) in [6.07, 6.45) is 5.10. The lowest BCUT2D eigenvalue weighted by Gasteiger charge is -2.38. The second-order valence-corrected chi connectivity index (χ2v) is 6.51. The lowest BCUT2D eigenvalue weighted by atomic mass is 9.75. The third kappa shape index (κ3) is 2.16. The van der Waals surface area contributed by atoms with Crippen LogP contribution in [-0.2, 0) is 0 Å². The molecule has 24 heavy (non-hydrogen) atoms. The predicted octanol–water partition coefficient (Wildman–Crippen LogP) is 4.44. The Morgan fingerprint density at radius 1 is 1.21 bits per heavy atom. The summed E-state index contributed by atoms with van der Waals surface area (Å²) in [5.74, 6) is 0.519. The van der Waals surface area contributed by atoms with Crippen molar-refractivity contribution in [3.8, 4) is 5.75 Å². The van der Waals surface area contributed by atoms with Crippen molar-refractivity contribution in [1.82, 2.24) is 0 Å². The number of hydrogen-bond acceptors (Lipinski definition) is 4. The standard InChI is InChI=1S/C19H18N2O3/c1-11-5-10-16(21(23)24)17-14-3-2-4-15(14)19(20-18(11)17)12-6-8-13(22)9-7-12/h2-3,5-10,14-15,19-20,22H,4H2,1H3. The third-order valence-corrected chi connectivity index (χ3v) is 5.15. The van der Waals surface area contributed by atoms with Crippen molar-refractivity contribution in [2.24, 2.45) is 5.92 Å². The predicted molar refractivity (Wildman–Crippen MR) is 92.3 cm³/mol. The molecule has 4 rings (SSSR count). The fourth-order valence-electron chi connectivity index (χ4n) is 4.01. The van der Waals surface area contributed by atoms with Gasteiger partial charge in [-0.1, -0.05) is 30.4 Å². The minimum atomic E-state index is -0.288. The second kappa shape index (κ2) is 5.37. The number of anilines is 1. The van der Waals surface area contributed by atoms with Gasteiger partial charge in [0.1, 0.15) is 5.75 Å². The van der Waals surface area contributed by atoms with Crippen molar-refractivity contribution in [3.05, 3.63) is 75.4 Å². The van der Waals surface area contributed by atoms with Crippen molar-refractivity contribution >= 4 is 11.4 Å². The molecule has 0 saturated heterocycles. The normalized spacial score (nSPS) is 24.1. The van der Waals surface area contributed by atoms with Crippen LogP contribution in [0, 0.1) is 23.0 Å². The fourth-order valence-corrected chi connectivity index (χ4v) is 4.01. The third-order valence-electron chi connectivity index (χ3n) is 5.15. The molecule has 5 nitrogen and oxygen atoms in total. The van der Waals surface area contributed by atoms with Gasteiger partial charge in [0.2, 0.25) is 0 Å². The van der Waals surface area contributed by atoms with Crippen LogP contribution in [0.4, 0.5) is 11.4 Å². The fraction of sp³-hybridized carbons (Fsp3) is 0.263. The first kappa shape index (κ1) is 14.8. The number of nitro groups is 1. The summed E-state index contributed by atoms with van der Waals surface area (Å²) in [4.78, 5) is 11.2. The van der Waals surface area contributed by atoms with Crippen molar-refractivity contribution in [2.75, 3.05) is 5.32 Å². The van der Waals surface area contributed by atoms with Gasteiger partial charge in [-0.15, -0.1) is 0 Å². The van der Waals surface area contributed by atoms with Crippen molar-refractivity contribution < 1.29 is 10.0 Å². The van der Waals surface area contributed by atoms with Crippen molar-refractivity contribution in [3.63, 3.8) is 0 Å². The zero-order chi connectivity index (χ0) is 16.8. The number of aryl methyl sites for hydroxylation is 1. The number of nitro benzene ring substituents is 1. The van der Waals surface area contributed by atoms with Crippen molar-refractivity contribution in [1.29, 1.82) is 0 Å². The van der Waals surface area contributed by atoms with Crippen molar-refractivity contribution in [2.45, 2.75) is 25.3 Å². The Hall–Kier alpha value is -2.82. The maximum Gasteiger partial charge on any atom is 0.275 e. The Labute approximate surface area is 139 Å².